The highest BCUT2D eigenvalue weighted by Gasteiger charge is 2.25. The smallest absolute Gasteiger partial charge is 0.0210 e. The number of nitrogens with two attached hydrogens (primary N) is 1. The third-order valence-electron chi connectivity index (χ3n) is 4.43. The molecule has 2 fully saturated rings. The second kappa shape index (κ2) is 5.41. The molecule has 2 nitrogen and oxygen atoms in total. The molecule has 0 unspecified atom stereocenters. The molecular weight excluding hydrogens is 220 g/mol. The minimum Gasteiger partial charge on any atom is -0.328 e. The van der Waals surface area contributed by atoms with Crippen LogP contribution in [0.4, 0.5) is 0 Å². The van der Waals surface area contributed by atoms with Crippen LogP contribution >= 0.6 is 0 Å². The van der Waals surface area contributed by atoms with Gasteiger partial charge in [-0.05, 0) is 55.6 Å². The Labute approximate surface area is 110 Å². The van der Waals surface area contributed by atoms with Crippen molar-refractivity contribution in [3.05, 3.63) is 35.4 Å². The van der Waals surface area contributed by atoms with E-state index in [4.69, 9.17) is 5.73 Å². The van der Waals surface area contributed by atoms with Crippen LogP contribution in [0.5, 0.6) is 0 Å². The normalized spacial score (nSPS) is 28.3. The van der Waals surface area contributed by atoms with E-state index in [2.05, 4.69) is 29.6 Å². The third-order valence-corrected chi connectivity index (χ3v) is 4.43. The molecule has 0 aliphatic heterocycles. The average Bonchev–Trinajstić information content (AvgIpc) is 3.23. The van der Waals surface area contributed by atoms with E-state index in [0.29, 0.717) is 12.1 Å². The van der Waals surface area contributed by atoms with Crippen molar-refractivity contribution in [3.8, 4) is 0 Å². The first-order valence-corrected chi connectivity index (χ1v) is 7.39. The van der Waals surface area contributed by atoms with Gasteiger partial charge in [0.25, 0.3) is 0 Å². The van der Waals surface area contributed by atoms with Crippen molar-refractivity contribution in [2.24, 2.45) is 5.73 Å². The van der Waals surface area contributed by atoms with Gasteiger partial charge in [0.05, 0.1) is 0 Å². The molecule has 2 heteroatoms. The van der Waals surface area contributed by atoms with Crippen LogP contribution < -0.4 is 11.1 Å². The quantitative estimate of drug-likeness (QED) is 0.854. The summed E-state index contributed by atoms with van der Waals surface area (Å²) >= 11 is 0. The molecule has 0 atom stereocenters. The first-order valence-electron chi connectivity index (χ1n) is 7.39. The maximum absolute atomic E-state index is 5.95. The molecule has 1 aromatic rings. The Morgan fingerprint density at radius 3 is 2.44 bits per heavy atom. The van der Waals surface area contributed by atoms with E-state index < -0.39 is 0 Å². The minimum atomic E-state index is 0.446. The average molecular weight is 244 g/mol. The first kappa shape index (κ1) is 12.2. The highest BCUT2D eigenvalue weighted by Crippen LogP contribution is 2.41. The van der Waals surface area contributed by atoms with E-state index in [9.17, 15) is 0 Å². The van der Waals surface area contributed by atoms with Crippen molar-refractivity contribution in [2.45, 2.75) is 63.1 Å². The van der Waals surface area contributed by atoms with Gasteiger partial charge >= 0.3 is 0 Å². The zero-order valence-corrected chi connectivity index (χ0v) is 11.1. The Morgan fingerprint density at radius 2 is 1.72 bits per heavy atom. The maximum Gasteiger partial charge on any atom is 0.0210 e. The fraction of sp³-hybridized carbons (Fsp3) is 0.625. The number of nitrogens with one attached hydrogen (secondary N) is 1. The van der Waals surface area contributed by atoms with E-state index in [1.54, 1.807) is 5.56 Å². The molecule has 98 valence electrons. The topological polar surface area (TPSA) is 38.0 Å². The minimum absolute atomic E-state index is 0.446. The van der Waals surface area contributed by atoms with Gasteiger partial charge in [-0.1, -0.05) is 24.3 Å². The highest BCUT2D eigenvalue weighted by atomic mass is 14.9. The second-order valence-electron chi connectivity index (χ2n) is 5.97. The molecule has 2 aliphatic carbocycles. The Hall–Kier alpha value is -0.860. The van der Waals surface area contributed by atoms with Gasteiger partial charge in [0.15, 0.2) is 0 Å². The highest BCUT2D eigenvalue weighted by molar-refractivity contribution is 5.33. The van der Waals surface area contributed by atoms with Crippen LogP contribution in [0.25, 0.3) is 0 Å². The van der Waals surface area contributed by atoms with Gasteiger partial charge in [-0.3, -0.25) is 0 Å². The predicted octanol–water partition coefficient (Wildman–Crippen LogP) is 2.92. The molecule has 0 amide bonds. The van der Waals surface area contributed by atoms with E-state index in [1.165, 1.54) is 44.1 Å². The zero-order chi connectivity index (χ0) is 12.4. The fourth-order valence-corrected chi connectivity index (χ4v) is 3.07. The summed E-state index contributed by atoms with van der Waals surface area (Å²) in [5.74, 6) is 0.850. The van der Waals surface area contributed by atoms with Gasteiger partial charge in [-0.2, -0.15) is 0 Å². The summed E-state index contributed by atoms with van der Waals surface area (Å²) in [4.78, 5) is 0. The van der Waals surface area contributed by atoms with E-state index >= 15 is 0 Å². The van der Waals surface area contributed by atoms with E-state index in [-0.39, 0.29) is 0 Å². The Morgan fingerprint density at radius 1 is 1.00 bits per heavy atom. The lowest BCUT2D eigenvalue weighted by atomic mass is 9.91. The molecule has 0 aromatic heterocycles. The van der Waals surface area contributed by atoms with Crippen LogP contribution in [-0.2, 0) is 6.54 Å². The lowest BCUT2D eigenvalue weighted by Crippen LogP contribution is -2.37. The number of benzene rings is 1. The second-order valence-corrected chi connectivity index (χ2v) is 5.97. The van der Waals surface area contributed by atoms with Crippen molar-refractivity contribution in [1.29, 1.82) is 0 Å². The standard InChI is InChI=1S/C16H24N2/c17-14-7-9-15(10-8-14)18-11-13-3-1-2-4-16(13)12-5-6-12/h1-4,12,14-15,18H,5-11,17H2. The van der Waals surface area contributed by atoms with Crippen molar-refractivity contribution in [2.75, 3.05) is 0 Å². The molecule has 3 N–H and O–H groups in total. The summed E-state index contributed by atoms with van der Waals surface area (Å²) in [6, 6.07) is 10.1. The summed E-state index contributed by atoms with van der Waals surface area (Å²) in [7, 11) is 0. The fourth-order valence-electron chi connectivity index (χ4n) is 3.07. The molecular formula is C16H24N2. The van der Waals surface area contributed by atoms with Crippen LogP contribution in [0.3, 0.4) is 0 Å². The van der Waals surface area contributed by atoms with Gasteiger partial charge in [-0.15, -0.1) is 0 Å². The van der Waals surface area contributed by atoms with Crippen LogP contribution in [0, 0.1) is 0 Å². The molecule has 3 rings (SSSR count). The summed E-state index contributed by atoms with van der Waals surface area (Å²) in [5, 5.41) is 3.73. The number of hydrogen-bond donors (Lipinski definition) is 2. The maximum atomic E-state index is 5.95. The molecule has 18 heavy (non-hydrogen) atoms. The van der Waals surface area contributed by atoms with Crippen molar-refractivity contribution < 1.29 is 0 Å². The Kier molecular flexibility index (Phi) is 3.67. The molecule has 1 aromatic carbocycles. The van der Waals surface area contributed by atoms with Crippen LogP contribution in [-0.4, -0.2) is 12.1 Å². The van der Waals surface area contributed by atoms with Crippen LogP contribution in [0.1, 0.15) is 55.6 Å². The van der Waals surface area contributed by atoms with Gasteiger partial charge in [0.2, 0.25) is 0 Å². The summed E-state index contributed by atoms with van der Waals surface area (Å²) in [5.41, 5.74) is 9.04. The van der Waals surface area contributed by atoms with Gasteiger partial charge < -0.3 is 11.1 Å². The molecule has 0 saturated heterocycles. The molecule has 0 heterocycles. The largest absolute Gasteiger partial charge is 0.328 e. The SMILES string of the molecule is NC1CCC(NCc2ccccc2C2CC2)CC1. The number of hydrogen-bond acceptors (Lipinski definition) is 2. The molecule has 0 spiro atoms. The lowest BCUT2D eigenvalue weighted by molar-refractivity contribution is 0.341. The van der Waals surface area contributed by atoms with Gasteiger partial charge in [0, 0.05) is 18.6 Å². The van der Waals surface area contributed by atoms with Crippen molar-refractivity contribution in [3.63, 3.8) is 0 Å². The van der Waals surface area contributed by atoms with Crippen LogP contribution in [0.15, 0.2) is 24.3 Å². The molecule has 2 aliphatic rings. The molecule has 0 radical (unpaired) electrons. The lowest BCUT2D eigenvalue weighted by Gasteiger charge is -2.27. The summed E-state index contributed by atoms with van der Waals surface area (Å²) in [6.45, 7) is 1.03. The summed E-state index contributed by atoms with van der Waals surface area (Å²) in [6.07, 6.45) is 7.62. The summed E-state index contributed by atoms with van der Waals surface area (Å²) < 4.78 is 0. The monoisotopic (exact) mass is 244 g/mol. The van der Waals surface area contributed by atoms with Crippen molar-refractivity contribution >= 4 is 0 Å². The molecule has 0 bridgehead atoms. The van der Waals surface area contributed by atoms with Crippen LogP contribution in [0.2, 0.25) is 0 Å². The van der Waals surface area contributed by atoms with E-state index in [1.807, 2.05) is 0 Å². The zero-order valence-electron chi connectivity index (χ0n) is 11.1. The third kappa shape index (κ3) is 2.93. The van der Waals surface area contributed by atoms with Gasteiger partial charge in [0.1, 0.15) is 0 Å². The number of rotatable bonds is 4. The van der Waals surface area contributed by atoms with E-state index in [0.717, 1.165) is 12.5 Å². The Bertz CT molecular complexity index is 390. The first-order chi connectivity index (χ1) is 8.83. The van der Waals surface area contributed by atoms with Crippen molar-refractivity contribution in [1.82, 2.24) is 5.32 Å². The molecule has 2 saturated carbocycles. The Balaban J connectivity index is 1.56. The predicted molar refractivity (Wildman–Crippen MR) is 75.5 cm³/mol. The van der Waals surface area contributed by atoms with Gasteiger partial charge in [-0.25, -0.2) is 0 Å².